The Bertz CT molecular complexity index is 1360. The Hall–Kier alpha value is -3.34. The lowest BCUT2D eigenvalue weighted by Gasteiger charge is -2.36. The summed E-state index contributed by atoms with van der Waals surface area (Å²) in [4.78, 5) is 48.1. The molecule has 0 aliphatic carbocycles. The largest absolute Gasteiger partial charge is 0.383 e. The number of anilines is 2. The molecular weight excluding hydrogens is 519 g/mol. The molecule has 10 nitrogen and oxygen atoms in total. The lowest BCUT2D eigenvalue weighted by Crippen LogP contribution is -2.52. The number of hydrogen-bond donors (Lipinski definition) is 1. The Kier molecular flexibility index (Phi) is 8.52. The number of fused-ring (bicyclic) bond motifs is 1. The van der Waals surface area contributed by atoms with Crippen LogP contribution in [0.4, 0.5) is 16.2 Å². The highest BCUT2D eigenvalue weighted by Gasteiger charge is 2.22. The summed E-state index contributed by atoms with van der Waals surface area (Å²) >= 11 is 12.0. The lowest BCUT2D eigenvalue weighted by atomic mass is 10.2. The number of methoxy groups -OCH3 is 1. The monoisotopic (exact) mass is 546 g/mol. The van der Waals surface area contributed by atoms with Crippen molar-refractivity contribution in [3.8, 4) is 0 Å². The van der Waals surface area contributed by atoms with Crippen molar-refractivity contribution in [3.05, 3.63) is 63.1 Å². The predicted octanol–water partition coefficient (Wildman–Crippen LogP) is 2.84. The minimum atomic E-state index is -0.308. The maximum Gasteiger partial charge on any atom is 0.317 e. The molecular formula is C25H28Cl2N6O4. The third-order valence-corrected chi connectivity index (χ3v) is 7.03. The van der Waals surface area contributed by atoms with Crippen molar-refractivity contribution in [2.45, 2.75) is 6.54 Å². The molecule has 2 aromatic carbocycles. The number of benzene rings is 2. The van der Waals surface area contributed by atoms with E-state index in [1.807, 2.05) is 6.07 Å². The first-order chi connectivity index (χ1) is 17.8. The Labute approximate surface area is 224 Å². The van der Waals surface area contributed by atoms with Crippen LogP contribution < -0.4 is 20.7 Å². The second-order valence-corrected chi connectivity index (χ2v) is 9.44. The molecule has 0 radical (unpaired) electrons. The lowest BCUT2D eigenvalue weighted by molar-refractivity contribution is -0.118. The maximum absolute atomic E-state index is 13.2. The van der Waals surface area contributed by atoms with Gasteiger partial charge in [0.25, 0.3) is 5.56 Å². The van der Waals surface area contributed by atoms with Crippen molar-refractivity contribution in [1.82, 2.24) is 19.8 Å². The first kappa shape index (κ1) is 26.7. The number of nitrogens with one attached hydrogen (secondary N) is 1. The number of halogens is 2. The molecule has 1 N–H and O–H groups in total. The number of rotatable bonds is 7. The van der Waals surface area contributed by atoms with Gasteiger partial charge in [0.15, 0.2) is 0 Å². The Morgan fingerprint density at radius 2 is 1.84 bits per heavy atom. The molecule has 2 heterocycles. The fraction of sp³-hybridized carbons (Fsp3) is 0.360. The molecule has 1 saturated heterocycles. The number of carbonyl (C=O) groups excluding carboxylic acids is 2. The molecule has 1 aliphatic heterocycles. The van der Waals surface area contributed by atoms with E-state index in [0.717, 1.165) is 5.69 Å². The van der Waals surface area contributed by atoms with Crippen LogP contribution in [0.5, 0.6) is 0 Å². The van der Waals surface area contributed by atoms with Gasteiger partial charge in [0, 0.05) is 58.3 Å². The summed E-state index contributed by atoms with van der Waals surface area (Å²) in [5.74, 6) is -0.308. The number of carbonyl (C=O) groups is 2. The van der Waals surface area contributed by atoms with Gasteiger partial charge in [0.1, 0.15) is 6.54 Å². The number of piperazine rings is 1. The molecule has 0 spiro atoms. The molecule has 37 heavy (non-hydrogen) atoms. The smallest absolute Gasteiger partial charge is 0.317 e. The summed E-state index contributed by atoms with van der Waals surface area (Å²) in [6.07, 6.45) is 1.38. The van der Waals surface area contributed by atoms with E-state index in [4.69, 9.17) is 27.9 Å². The molecule has 1 aromatic heterocycles. The highest BCUT2D eigenvalue weighted by Crippen LogP contribution is 2.27. The number of amides is 3. The fourth-order valence-electron chi connectivity index (χ4n) is 4.09. The van der Waals surface area contributed by atoms with Gasteiger partial charge in [-0.05, 0) is 36.4 Å². The number of urea groups is 1. The standard InChI is InChI=1S/C25H28Cl2N6O4/c1-30(17-3-5-20(26)21(27)14-17)23(34)15-33-16-29-22-6-4-18(13-19(22)24(33)35)31-8-10-32(11-9-31)25(36)28-7-12-37-2/h3-6,13-14,16H,7-12,15H2,1-2H3,(H,28,36). The molecule has 196 valence electrons. The normalized spacial score (nSPS) is 13.6. The van der Waals surface area contributed by atoms with Crippen LogP contribution in [0.2, 0.25) is 10.0 Å². The quantitative estimate of drug-likeness (QED) is 0.457. The van der Waals surface area contributed by atoms with Crippen LogP contribution >= 0.6 is 23.2 Å². The van der Waals surface area contributed by atoms with E-state index in [0.29, 0.717) is 66.0 Å². The molecule has 3 aromatic rings. The van der Waals surface area contributed by atoms with E-state index in [-0.39, 0.29) is 24.0 Å². The molecule has 0 saturated carbocycles. The van der Waals surface area contributed by atoms with Crippen LogP contribution in [0.25, 0.3) is 10.9 Å². The maximum atomic E-state index is 13.2. The highest BCUT2D eigenvalue weighted by atomic mass is 35.5. The molecule has 0 atom stereocenters. The average Bonchev–Trinajstić information content (AvgIpc) is 2.91. The summed E-state index contributed by atoms with van der Waals surface area (Å²) in [5, 5.41) is 3.98. The summed E-state index contributed by atoms with van der Waals surface area (Å²) < 4.78 is 6.26. The van der Waals surface area contributed by atoms with Crippen molar-refractivity contribution >= 4 is 57.4 Å². The molecule has 1 aliphatic rings. The van der Waals surface area contributed by atoms with E-state index >= 15 is 0 Å². The first-order valence-electron chi connectivity index (χ1n) is 11.8. The Morgan fingerprint density at radius 1 is 1.08 bits per heavy atom. The summed E-state index contributed by atoms with van der Waals surface area (Å²) in [6.45, 7) is 3.12. The van der Waals surface area contributed by atoms with Gasteiger partial charge >= 0.3 is 6.03 Å². The van der Waals surface area contributed by atoms with Crippen molar-refractivity contribution in [2.24, 2.45) is 0 Å². The minimum absolute atomic E-state index is 0.113. The van der Waals surface area contributed by atoms with Gasteiger partial charge < -0.3 is 24.8 Å². The zero-order valence-corrected chi connectivity index (χ0v) is 22.1. The van der Waals surface area contributed by atoms with Crippen molar-refractivity contribution < 1.29 is 14.3 Å². The van der Waals surface area contributed by atoms with Crippen LogP contribution in [0.15, 0.2) is 47.5 Å². The van der Waals surface area contributed by atoms with Crippen molar-refractivity contribution in [2.75, 3.05) is 63.3 Å². The molecule has 12 heteroatoms. The first-order valence-corrected chi connectivity index (χ1v) is 12.5. The topological polar surface area (TPSA) is 100 Å². The third-order valence-electron chi connectivity index (χ3n) is 6.29. The van der Waals surface area contributed by atoms with E-state index in [1.54, 1.807) is 49.4 Å². The number of ether oxygens (including phenoxy) is 1. The number of likely N-dealkylation sites (N-methyl/N-ethyl adjacent to an activating group) is 1. The van der Waals surface area contributed by atoms with Gasteiger partial charge in [-0.25, -0.2) is 9.78 Å². The van der Waals surface area contributed by atoms with Gasteiger partial charge in [-0.3, -0.25) is 14.2 Å². The summed E-state index contributed by atoms with van der Waals surface area (Å²) in [5.41, 5.74) is 1.67. The van der Waals surface area contributed by atoms with Gasteiger partial charge in [0.2, 0.25) is 5.91 Å². The number of aromatic nitrogens is 2. The minimum Gasteiger partial charge on any atom is -0.383 e. The van der Waals surface area contributed by atoms with E-state index in [1.165, 1.54) is 15.8 Å². The van der Waals surface area contributed by atoms with Gasteiger partial charge in [-0.1, -0.05) is 23.2 Å². The van der Waals surface area contributed by atoms with Crippen LogP contribution in [0, 0.1) is 0 Å². The SMILES string of the molecule is COCCNC(=O)N1CCN(c2ccc3ncn(CC(=O)N(C)c4ccc(Cl)c(Cl)c4)c(=O)c3c2)CC1. The second-order valence-electron chi connectivity index (χ2n) is 8.63. The van der Waals surface area contributed by atoms with Crippen LogP contribution in [-0.2, 0) is 16.1 Å². The zero-order valence-electron chi connectivity index (χ0n) is 20.6. The van der Waals surface area contributed by atoms with Crippen molar-refractivity contribution in [1.29, 1.82) is 0 Å². The van der Waals surface area contributed by atoms with Crippen LogP contribution in [-0.4, -0.2) is 79.9 Å². The molecule has 4 rings (SSSR count). The second kappa shape index (κ2) is 11.8. The van der Waals surface area contributed by atoms with Crippen LogP contribution in [0.3, 0.4) is 0 Å². The van der Waals surface area contributed by atoms with Gasteiger partial charge in [-0.2, -0.15) is 0 Å². The van der Waals surface area contributed by atoms with Gasteiger partial charge in [-0.15, -0.1) is 0 Å². The average molecular weight is 547 g/mol. The summed E-state index contributed by atoms with van der Waals surface area (Å²) in [7, 11) is 3.20. The molecule has 3 amide bonds. The molecule has 1 fully saturated rings. The van der Waals surface area contributed by atoms with Crippen molar-refractivity contribution in [3.63, 3.8) is 0 Å². The Balaban J connectivity index is 1.46. The summed E-state index contributed by atoms with van der Waals surface area (Å²) in [6, 6.07) is 10.3. The zero-order chi connectivity index (χ0) is 26.5. The third kappa shape index (κ3) is 6.15. The van der Waals surface area contributed by atoms with E-state index in [2.05, 4.69) is 15.2 Å². The Morgan fingerprint density at radius 3 is 2.54 bits per heavy atom. The highest BCUT2D eigenvalue weighted by molar-refractivity contribution is 6.42. The van der Waals surface area contributed by atoms with Gasteiger partial charge in [0.05, 0.1) is 33.9 Å². The fourth-order valence-corrected chi connectivity index (χ4v) is 4.38. The van der Waals surface area contributed by atoms with Crippen LogP contribution in [0.1, 0.15) is 0 Å². The molecule has 0 bridgehead atoms. The van der Waals surface area contributed by atoms with E-state index < -0.39 is 0 Å². The number of hydrogen-bond acceptors (Lipinski definition) is 6. The molecule has 0 unspecified atom stereocenters. The predicted molar refractivity (Wildman–Crippen MR) is 145 cm³/mol. The van der Waals surface area contributed by atoms with E-state index in [9.17, 15) is 14.4 Å². The number of nitrogens with zero attached hydrogens (tertiary/aromatic N) is 5.